The predicted molar refractivity (Wildman–Crippen MR) is 84.4 cm³/mol. The standard InChI is InChI=1S/C17H29FN2/c1-6-11-20(13(2)3)12-14(4)17(19-5)15-9-7-8-10-16(15)18/h7-10,13-14,17,19H,6,11-12H2,1-5H3. The molecule has 0 fully saturated rings. The molecule has 1 aromatic rings. The maximum absolute atomic E-state index is 14.0. The Balaban J connectivity index is 2.81. The van der Waals surface area contributed by atoms with Gasteiger partial charge in [-0.1, -0.05) is 32.0 Å². The summed E-state index contributed by atoms with van der Waals surface area (Å²) in [7, 11) is 1.91. The molecular weight excluding hydrogens is 251 g/mol. The maximum atomic E-state index is 14.0. The fourth-order valence-corrected chi connectivity index (χ4v) is 2.80. The molecule has 2 unspecified atom stereocenters. The Bertz CT molecular complexity index is 392. The summed E-state index contributed by atoms with van der Waals surface area (Å²) in [6, 6.07) is 7.64. The van der Waals surface area contributed by atoms with Crippen LogP contribution >= 0.6 is 0 Å². The summed E-state index contributed by atoms with van der Waals surface area (Å²) in [6.45, 7) is 10.9. The third-order valence-corrected chi connectivity index (χ3v) is 3.88. The van der Waals surface area contributed by atoms with Crippen LogP contribution in [-0.2, 0) is 0 Å². The molecular formula is C17H29FN2. The second-order valence-corrected chi connectivity index (χ2v) is 5.85. The van der Waals surface area contributed by atoms with E-state index in [0.717, 1.165) is 25.1 Å². The number of rotatable bonds is 8. The van der Waals surface area contributed by atoms with Crippen LogP contribution in [-0.4, -0.2) is 31.1 Å². The fraction of sp³-hybridized carbons (Fsp3) is 0.647. The van der Waals surface area contributed by atoms with Crippen LogP contribution in [0.15, 0.2) is 24.3 Å². The van der Waals surface area contributed by atoms with Gasteiger partial charge in [0.25, 0.3) is 0 Å². The first-order valence-corrected chi connectivity index (χ1v) is 7.67. The Morgan fingerprint density at radius 3 is 2.35 bits per heavy atom. The lowest BCUT2D eigenvalue weighted by atomic mass is 9.93. The van der Waals surface area contributed by atoms with E-state index in [1.165, 1.54) is 0 Å². The zero-order valence-electron chi connectivity index (χ0n) is 13.5. The molecule has 0 saturated heterocycles. The van der Waals surface area contributed by atoms with Gasteiger partial charge in [0.05, 0.1) is 0 Å². The van der Waals surface area contributed by atoms with E-state index >= 15 is 0 Å². The minimum Gasteiger partial charge on any atom is -0.313 e. The van der Waals surface area contributed by atoms with Gasteiger partial charge in [0, 0.05) is 24.2 Å². The van der Waals surface area contributed by atoms with Crippen molar-refractivity contribution in [2.24, 2.45) is 5.92 Å². The minimum atomic E-state index is -0.120. The van der Waals surface area contributed by atoms with Crippen molar-refractivity contribution < 1.29 is 4.39 Å². The van der Waals surface area contributed by atoms with Crippen molar-refractivity contribution in [1.82, 2.24) is 10.2 Å². The number of benzene rings is 1. The SMILES string of the molecule is CCCN(CC(C)C(NC)c1ccccc1F)C(C)C. The largest absolute Gasteiger partial charge is 0.313 e. The first kappa shape index (κ1) is 17.1. The Morgan fingerprint density at radius 2 is 1.85 bits per heavy atom. The van der Waals surface area contributed by atoms with Gasteiger partial charge in [0.1, 0.15) is 5.82 Å². The molecule has 0 spiro atoms. The van der Waals surface area contributed by atoms with Gasteiger partial charge in [-0.05, 0) is 45.8 Å². The molecule has 1 rings (SSSR count). The Kier molecular flexibility index (Phi) is 7.17. The molecule has 0 heterocycles. The molecule has 1 N–H and O–H groups in total. The van der Waals surface area contributed by atoms with E-state index in [-0.39, 0.29) is 11.9 Å². The molecule has 2 nitrogen and oxygen atoms in total. The summed E-state index contributed by atoms with van der Waals surface area (Å²) in [5, 5.41) is 3.28. The van der Waals surface area contributed by atoms with Gasteiger partial charge >= 0.3 is 0 Å². The van der Waals surface area contributed by atoms with E-state index in [2.05, 4.69) is 37.9 Å². The Hall–Kier alpha value is -0.930. The number of nitrogens with zero attached hydrogens (tertiary/aromatic N) is 1. The highest BCUT2D eigenvalue weighted by Gasteiger charge is 2.23. The predicted octanol–water partition coefficient (Wildman–Crippen LogP) is 3.84. The number of hydrogen-bond donors (Lipinski definition) is 1. The van der Waals surface area contributed by atoms with Gasteiger partial charge in [-0.2, -0.15) is 0 Å². The number of nitrogens with one attached hydrogen (secondary N) is 1. The normalized spacial score (nSPS) is 14.8. The first-order chi connectivity index (χ1) is 9.51. The van der Waals surface area contributed by atoms with Crippen LogP contribution in [0.3, 0.4) is 0 Å². The lowest BCUT2D eigenvalue weighted by Gasteiger charge is -2.33. The van der Waals surface area contributed by atoms with E-state index in [0.29, 0.717) is 12.0 Å². The second-order valence-electron chi connectivity index (χ2n) is 5.85. The highest BCUT2D eigenvalue weighted by molar-refractivity contribution is 5.21. The molecule has 2 atom stereocenters. The maximum Gasteiger partial charge on any atom is 0.127 e. The Labute approximate surface area is 123 Å². The minimum absolute atomic E-state index is 0.0503. The fourth-order valence-electron chi connectivity index (χ4n) is 2.80. The number of hydrogen-bond acceptors (Lipinski definition) is 2. The van der Waals surface area contributed by atoms with Crippen LogP contribution in [0.25, 0.3) is 0 Å². The van der Waals surface area contributed by atoms with Crippen molar-refractivity contribution in [3.63, 3.8) is 0 Å². The van der Waals surface area contributed by atoms with E-state index in [4.69, 9.17) is 0 Å². The lowest BCUT2D eigenvalue weighted by molar-refractivity contribution is 0.174. The van der Waals surface area contributed by atoms with Crippen LogP contribution in [0.2, 0.25) is 0 Å². The molecule has 0 aliphatic heterocycles. The zero-order valence-corrected chi connectivity index (χ0v) is 13.5. The smallest absolute Gasteiger partial charge is 0.127 e. The molecule has 3 heteroatoms. The van der Waals surface area contributed by atoms with Gasteiger partial charge in [-0.25, -0.2) is 4.39 Å². The lowest BCUT2D eigenvalue weighted by Crippen LogP contribution is -2.39. The van der Waals surface area contributed by atoms with E-state index in [9.17, 15) is 4.39 Å². The second kappa shape index (κ2) is 8.38. The molecule has 0 bridgehead atoms. The Morgan fingerprint density at radius 1 is 1.20 bits per heavy atom. The van der Waals surface area contributed by atoms with Crippen molar-refractivity contribution >= 4 is 0 Å². The number of halogens is 1. The quantitative estimate of drug-likeness (QED) is 0.778. The van der Waals surface area contributed by atoms with E-state index < -0.39 is 0 Å². The van der Waals surface area contributed by atoms with Crippen molar-refractivity contribution in [3.05, 3.63) is 35.6 Å². The third-order valence-electron chi connectivity index (χ3n) is 3.88. The highest BCUT2D eigenvalue weighted by Crippen LogP contribution is 2.25. The van der Waals surface area contributed by atoms with E-state index in [1.807, 2.05) is 19.2 Å². The summed E-state index contributed by atoms with van der Waals surface area (Å²) < 4.78 is 14.0. The molecule has 0 amide bonds. The van der Waals surface area contributed by atoms with Gasteiger partial charge in [0.2, 0.25) is 0 Å². The van der Waals surface area contributed by atoms with Crippen LogP contribution in [0, 0.1) is 11.7 Å². The molecule has 0 saturated carbocycles. The van der Waals surface area contributed by atoms with Gasteiger partial charge in [0.15, 0.2) is 0 Å². The first-order valence-electron chi connectivity index (χ1n) is 7.67. The molecule has 20 heavy (non-hydrogen) atoms. The topological polar surface area (TPSA) is 15.3 Å². The van der Waals surface area contributed by atoms with Crippen molar-refractivity contribution in [2.75, 3.05) is 20.1 Å². The monoisotopic (exact) mass is 280 g/mol. The third kappa shape index (κ3) is 4.57. The van der Waals surface area contributed by atoms with Crippen LogP contribution in [0.1, 0.15) is 45.7 Å². The summed E-state index contributed by atoms with van der Waals surface area (Å²) >= 11 is 0. The van der Waals surface area contributed by atoms with Gasteiger partial charge in [-0.3, -0.25) is 0 Å². The van der Waals surface area contributed by atoms with E-state index in [1.54, 1.807) is 12.1 Å². The molecule has 1 aromatic carbocycles. The average molecular weight is 280 g/mol. The summed E-state index contributed by atoms with van der Waals surface area (Å²) in [4.78, 5) is 2.47. The highest BCUT2D eigenvalue weighted by atomic mass is 19.1. The van der Waals surface area contributed by atoms with Crippen LogP contribution in [0.4, 0.5) is 4.39 Å². The molecule has 0 aliphatic rings. The summed E-state index contributed by atoms with van der Waals surface area (Å²) in [5.74, 6) is 0.233. The van der Waals surface area contributed by atoms with Crippen molar-refractivity contribution in [2.45, 2.75) is 46.2 Å². The zero-order chi connectivity index (χ0) is 15.1. The van der Waals surface area contributed by atoms with Crippen LogP contribution < -0.4 is 5.32 Å². The van der Waals surface area contributed by atoms with Crippen molar-refractivity contribution in [3.8, 4) is 0 Å². The molecule has 0 aliphatic carbocycles. The van der Waals surface area contributed by atoms with Crippen LogP contribution in [0.5, 0.6) is 0 Å². The molecule has 0 radical (unpaired) electrons. The summed E-state index contributed by atoms with van der Waals surface area (Å²) in [6.07, 6.45) is 1.15. The summed E-state index contributed by atoms with van der Waals surface area (Å²) in [5.41, 5.74) is 0.766. The van der Waals surface area contributed by atoms with Gasteiger partial charge in [-0.15, -0.1) is 0 Å². The van der Waals surface area contributed by atoms with Gasteiger partial charge < -0.3 is 10.2 Å². The molecule has 0 aromatic heterocycles. The molecule has 114 valence electrons. The average Bonchev–Trinajstić information content (AvgIpc) is 2.41. The van der Waals surface area contributed by atoms with Crippen molar-refractivity contribution in [1.29, 1.82) is 0 Å².